The topological polar surface area (TPSA) is 60.0 Å². The van der Waals surface area contributed by atoms with Gasteiger partial charge < -0.3 is 24.4 Å². The first-order chi connectivity index (χ1) is 12.6. The molecule has 7 heteroatoms. The molecule has 6 nitrogen and oxygen atoms in total. The van der Waals surface area contributed by atoms with Crippen molar-refractivity contribution < 1.29 is 19.0 Å². The summed E-state index contributed by atoms with van der Waals surface area (Å²) >= 11 is 6.15. The Morgan fingerprint density at radius 3 is 2.58 bits per heavy atom. The fraction of sp³-hybridized carbons (Fsp3) is 0.316. The lowest BCUT2D eigenvalue weighted by Gasteiger charge is -2.30. The normalized spacial score (nSPS) is 14.0. The first kappa shape index (κ1) is 18.4. The molecule has 0 aromatic heterocycles. The number of anilines is 2. The van der Waals surface area contributed by atoms with Gasteiger partial charge in [-0.2, -0.15) is 0 Å². The second-order valence-electron chi connectivity index (χ2n) is 5.78. The van der Waals surface area contributed by atoms with Crippen LogP contribution in [0.4, 0.5) is 11.4 Å². The molecule has 1 fully saturated rings. The Morgan fingerprint density at radius 2 is 1.88 bits per heavy atom. The smallest absolute Gasteiger partial charge is 0.259 e. The van der Waals surface area contributed by atoms with Gasteiger partial charge in [-0.25, -0.2) is 0 Å². The first-order valence-corrected chi connectivity index (χ1v) is 8.66. The molecule has 0 atom stereocenters. The molecule has 0 aliphatic carbocycles. The molecule has 2 aromatic carbocycles. The highest BCUT2D eigenvalue weighted by atomic mass is 35.5. The number of nitrogens with one attached hydrogen (secondary N) is 1. The number of amides is 1. The molecule has 1 heterocycles. The third-order valence-corrected chi connectivity index (χ3v) is 4.45. The molecule has 1 amide bonds. The van der Waals surface area contributed by atoms with Crippen molar-refractivity contribution in [2.45, 2.75) is 0 Å². The van der Waals surface area contributed by atoms with Crippen LogP contribution >= 0.6 is 11.6 Å². The van der Waals surface area contributed by atoms with Crippen LogP contribution < -0.4 is 19.7 Å². The summed E-state index contributed by atoms with van der Waals surface area (Å²) in [7, 11) is 3.08. The number of nitrogens with zero attached hydrogens (tertiary/aromatic N) is 1. The van der Waals surface area contributed by atoms with E-state index in [-0.39, 0.29) is 5.91 Å². The summed E-state index contributed by atoms with van der Waals surface area (Å²) in [5.41, 5.74) is 1.99. The number of halogens is 1. The molecule has 2 aromatic rings. The van der Waals surface area contributed by atoms with Gasteiger partial charge in [-0.1, -0.05) is 11.6 Å². The quantitative estimate of drug-likeness (QED) is 0.866. The lowest BCUT2D eigenvalue weighted by atomic mass is 10.1. The highest BCUT2D eigenvalue weighted by molar-refractivity contribution is 6.31. The summed E-state index contributed by atoms with van der Waals surface area (Å²) in [6.07, 6.45) is 0. The van der Waals surface area contributed by atoms with Crippen LogP contribution in [0.3, 0.4) is 0 Å². The van der Waals surface area contributed by atoms with Gasteiger partial charge in [0.05, 0.1) is 44.4 Å². The maximum atomic E-state index is 12.8. The van der Waals surface area contributed by atoms with Crippen LogP contribution in [0.15, 0.2) is 36.4 Å². The van der Waals surface area contributed by atoms with Crippen LogP contribution in [-0.4, -0.2) is 46.4 Å². The zero-order valence-electron chi connectivity index (χ0n) is 14.8. The molecule has 1 N–H and O–H groups in total. The van der Waals surface area contributed by atoms with E-state index < -0.39 is 0 Å². The predicted octanol–water partition coefficient (Wildman–Crippen LogP) is 3.45. The van der Waals surface area contributed by atoms with Crippen LogP contribution in [0.1, 0.15) is 10.4 Å². The number of benzene rings is 2. The van der Waals surface area contributed by atoms with Crippen LogP contribution in [0.25, 0.3) is 0 Å². The summed E-state index contributed by atoms with van der Waals surface area (Å²) in [6, 6.07) is 10.5. The van der Waals surface area contributed by atoms with E-state index in [1.54, 1.807) is 31.4 Å². The largest absolute Gasteiger partial charge is 0.497 e. The number of morpholine rings is 1. The van der Waals surface area contributed by atoms with Gasteiger partial charge >= 0.3 is 0 Å². The van der Waals surface area contributed by atoms with Crippen molar-refractivity contribution in [3.63, 3.8) is 0 Å². The highest BCUT2D eigenvalue weighted by Gasteiger charge is 2.19. The van der Waals surface area contributed by atoms with Crippen molar-refractivity contribution >= 4 is 28.9 Å². The number of carbonyl (C=O) groups excluding carboxylic acids is 1. The molecule has 26 heavy (non-hydrogen) atoms. The van der Waals surface area contributed by atoms with Gasteiger partial charge in [-0.15, -0.1) is 0 Å². The van der Waals surface area contributed by atoms with Gasteiger partial charge in [0.25, 0.3) is 5.91 Å². The molecule has 0 spiro atoms. The number of rotatable bonds is 5. The lowest BCUT2D eigenvalue weighted by molar-refractivity contribution is 0.102. The molecule has 3 rings (SSSR count). The standard InChI is InChI=1S/C19H21ClN2O4/c1-24-14-4-5-15(18(12-14)25-2)19(23)21-16-11-13(20)3-6-17(16)22-7-9-26-10-8-22/h3-6,11-12H,7-10H2,1-2H3,(H,21,23). The van der Waals surface area contributed by atoms with Crippen LogP contribution in [-0.2, 0) is 4.74 Å². The molecular formula is C19H21ClN2O4. The number of methoxy groups -OCH3 is 2. The molecule has 0 unspecified atom stereocenters. The Morgan fingerprint density at radius 1 is 1.12 bits per heavy atom. The molecular weight excluding hydrogens is 356 g/mol. The van der Waals surface area contributed by atoms with E-state index in [0.29, 0.717) is 41.0 Å². The molecule has 1 saturated heterocycles. The Kier molecular flexibility index (Phi) is 5.85. The number of hydrogen-bond donors (Lipinski definition) is 1. The number of hydrogen-bond acceptors (Lipinski definition) is 5. The van der Waals surface area contributed by atoms with Crippen molar-refractivity contribution in [2.24, 2.45) is 0 Å². The lowest BCUT2D eigenvalue weighted by Crippen LogP contribution is -2.36. The van der Waals surface area contributed by atoms with E-state index in [1.807, 2.05) is 12.1 Å². The molecule has 138 valence electrons. The van der Waals surface area contributed by atoms with E-state index in [2.05, 4.69) is 10.2 Å². The van der Waals surface area contributed by atoms with Crippen molar-refractivity contribution in [3.8, 4) is 11.5 Å². The van der Waals surface area contributed by atoms with E-state index in [0.717, 1.165) is 18.8 Å². The van der Waals surface area contributed by atoms with Crippen molar-refractivity contribution in [1.82, 2.24) is 0 Å². The predicted molar refractivity (Wildman–Crippen MR) is 102 cm³/mol. The Hall–Kier alpha value is -2.44. The van der Waals surface area contributed by atoms with Gasteiger partial charge in [0.2, 0.25) is 0 Å². The first-order valence-electron chi connectivity index (χ1n) is 8.28. The fourth-order valence-corrected chi connectivity index (χ4v) is 3.04. The minimum Gasteiger partial charge on any atom is -0.497 e. The minimum absolute atomic E-state index is 0.277. The third-order valence-electron chi connectivity index (χ3n) is 4.21. The maximum absolute atomic E-state index is 12.8. The summed E-state index contributed by atoms with van der Waals surface area (Å²) in [5, 5.41) is 3.51. The minimum atomic E-state index is -0.277. The van der Waals surface area contributed by atoms with Gasteiger partial charge in [-0.3, -0.25) is 4.79 Å². The van der Waals surface area contributed by atoms with Gasteiger partial charge in [0.1, 0.15) is 11.5 Å². The summed E-state index contributed by atoms with van der Waals surface area (Å²) < 4.78 is 15.9. The average Bonchev–Trinajstić information content (AvgIpc) is 2.68. The van der Waals surface area contributed by atoms with Crippen molar-refractivity contribution in [3.05, 3.63) is 47.0 Å². The molecule has 1 aliphatic rings. The number of carbonyl (C=O) groups is 1. The zero-order chi connectivity index (χ0) is 18.5. The second-order valence-corrected chi connectivity index (χ2v) is 6.22. The molecule has 1 aliphatic heterocycles. The third kappa shape index (κ3) is 4.03. The van der Waals surface area contributed by atoms with E-state index >= 15 is 0 Å². The van der Waals surface area contributed by atoms with E-state index in [4.69, 9.17) is 25.8 Å². The van der Waals surface area contributed by atoms with Crippen LogP contribution in [0.5, 0.6) is 11.5 Å². The van der Waals surface area contributed by atoms with E-state index in [9.17, 15) is 4.79 Å². The zero-order valence-corrected chi connectivity index (χ0v) is 15.5. The Bertz CT molecular complexity index is 791. The second kappa shape index (κ2) is 8.29. The summed E-state index contributed by atoms with van der Waals surface area (Å²) in [5.74, 6) is 0.785. The Labute approximate surface area is 157 Å². The average molecular weight is 377 g/mol. The molecule has 0 radical (unpaired) electrons. The molecule has 0 bridgehead atoms. The summed E-state index contributed by atoms with van der Waals surface area (Å²) in [6.45, 7) is 2.83. The van der Waals surface area contributed by atoms with Crippen molar-refractivity contribution in [1.29, 1.82) is 0 Å². The highest BCUT2D eigenvalue weighted by Crippen LogP contribution is 2.31. The van der Waals surface area contributed by atoms with Crippen LogP contribution in [0.2, 0.25) is 5.02 Å². The summed E-state index contributed by atoms with van der Waals surface area (Å²) in [4.78, 5) is 15.0. The SMILES string of the molecule is COc1ccc(C(=O)Nc2cc(Cl)ccc2N2CCOCC2)c(OC)c1. The monoisotopic (exact) mass is 376 g/mol. The van der Waals surface area contributed by atoms with Gasteiger partial charge in [-0.05, 0) is 30.3 Å². The van der Waals surface area contributed by atoms with Crippen molar-refractivity contribution in [2.75, 3.05) is 50.7 Å². The molecule has 0 saturated carbocycles. The Balaban J connectivity index is 1.88. The van der Waals surface area contributed by atoms with Gasteiger partial charge in [0.15, 0.2) is 0 Å². The fourth-order valence-electron chi connectivity index (χ4n) is 2.86. The maximum Gasteiger partial charge on any atom is 0.259 e. The van der Waals surface area contributed by atoms with Crippen LogP contribution in [0, 0.1) is 0 Å². The number of ether oxygens (including phenoxy) is 3. The van der Waals surface area contributed by atoms with Gasteiger partial charge in [0, 0.05) is 24.2 Å². The van der Waals surface area contributed by atoms with E-state index in [1.165, 1.54) is 7.11 Å².